The van der Waals surface area contributed by atoms with Crippen molar-refractivity contribution in [2.45, 2.75) is 71.5 Å². The minimum atomic E-state index is -2.52. The lowest BCUT2D eigenvalue weighted by Crippen LogP contribution is -2.68. The molecule has 0 aromatic heterocycles. The van der Waals surface area contributed by atoms with Crippen molar-refractivity contribution < 1.29 is 76.1 Å². The summed E-state index contributed by atoms with van der Waals surface area (Å²) in [5.41, 5.74) is 0.987. The molecular formula is C56H46Cl3NO16. The van der Waals surface area contributed by atoms with E-state index in [-0.39, 0.29) is 34.4 Å². The van der Waals surface area contributed by atoms with E-state index in [2.05, 4.69) is 0 Å². The lowest BCUT2D eigenvalue weighted by Gasteiger charge is -2.50. The summed E-state index contributed by atoms with van der Waals surface area (Å²) < 4.78 is 67.0. The lowest BCUT2D eigenvalue weighted by molar-refractivity contribution is -0.381. The summed E-state index contributed by atoms with van der Waals surface area (Å²) in [4.78, 5) is 70.9. The third-order valence-corrected chi connectivity index (χ3v) is 12.6. The second kappa shape index (κ2) is 24.7. The van der Waals surface area contributed by atoms with Crippen LogP contribution < -0.4 is 0 Å². The Bertz CT molecular complexity index is 2940. The molecule has 6 aromatic carbocycles. The van der Waals surface area contributed by atoms with E-state index in [0.717, 1.165) is 0 Å². The summed E-state index contributed by atoms with van der Waals surface area (Å²) in [5, 5.41) is 8.62. The molecule has 0 spiro atoms. The molecule has 0 amide bonds. The first kappa shape index (κ1) is 53.6. The van der Waals surface area contributed by atoms with Crippen molar-refractivity contribution in [3.63, 3.8) is 0 Å². The maximum Gasteiger partial charge on any atom is 0.338 e. The van der Waals surface area contributed by atoms with Gasteiger partial charge in [-0.15, -0.1) is 0 Å². The molecular weight excluding hydrogens is 1050 g/mol. The minimum absolute atomic E-state index is 0.0169. The Morgan fingerprint density at radius 2 is 0.855 bits per heavy atom. The molecule has 0 bridgehead atoms. The van der Waals surface area contributed by atoms with Crippen molar-refractivity contribution in [1.82, 2.24) is 0 Å². The van der Waals surface area contributed by atoms with Gasteiger partial charge < -0.3 is 52.1 Å². The maximum absolute atomic E-state index is 14.4. The van der Waals surface area contributed by atoms with Crippen molar-refractivity contribution in [2.75, 3.05) is 13.2 Å². The summed E-state index contributed by atoms with van der Waals surface area (Å²) in [6.07, 6.45) is -17.8. The Morgan fingerprint density at radius 3 is 1.30 bits per heavy atom. The van der Waals surface area contributed by atoms with Gasteiger partial charge >= 0.3 is 29.8 Å². The zero-order valence-electron chi connectivity index (χ0n) is 39.8. The van der Waals surface area contributed by atoms with Crippen molar-refractivity contribution in [3.8, 4) is 0 Å². The highest BCUT2D eigenvalue weighted by molar-refractivity contribution is 6.76. The van der Waals surface area contributed by atoms with E-state index in [1.54, 1.807) is 115 Å². The van der Waals surface area contributed by atoms with Crippen LogP contribution in [0.15, 0.2) is 182 Å². The third-order valence-electron chi connectivity index (χ3n) is 12.1. The first-order valence-corrected chi connectivity index (χ1v) is 24.8. The van der Waals surface area contributed by atoms with E-state index >= 15 is 0 Å². The molecule has 0 radical (unpaired) electrons. The number of rotatable bonds is 15. The zero-order valence-corrected chi connectivity index (χ0v) is 42.0. The summed E-state index contributed by atoms with van der Waals surface area (Å²) in [6, 6.07) is 48.2. The molecule has 1 unspecified atom stereocenters. The van der Waals surface area contributed by atoms with E-state index in [4.69, 9.17) is 92.3 Å². The number of ether oxygens (including phenoxy) is 11. The number of alkyl halides is 3. The molecule has 0 aliphatic carbocycles. The molecule has 20 heteroatoms. The predicted molar refractivity (Wildman–Crippen MR) is 271 cm³/mol. The Morgan fingerprint density at radius 1 is 0.461 bits per heavy atom. The van der Waals surface area contributed by atoms with Crippen LogP contribution in [0.5, 0.6) is 0 Å². The summed E-state index contributed by atoms with van der Waals surface area (Å²) in [6.45, 7) is -0.941. The predicted octanol–water partition coefficient (Wildman–Crippen LogP) is 9.06. The molecule has 392 valence electrons. The largest absolute Gasteiger partial charge is 0.459 e. The molecule has 17 nitrogen and oxygen atoms in total. The van der Waals surface area contributed by atoms with E-state index in [0.29, 0.717) is 5.56 Å². The summed E-state index contributed by atoms with van der Waals surface area (Å²) in [7, 11) is 0. The van der Waals surface area contributed by atoms with Crippen molar-refractivity contribution in [2.24, 2.45) is 0 Å². The average Bonchev–Trinajstić information content (AvgIpc) is 3.46. The Kier molecular flexibility index (Phi) is 17.4. The van der Waals surface area contributed by atoms with Gasteiger partial charge in [-0.05, 0) is 60.7 Å². The van der Waals surface area contributed by atoms with Crippen LogP contribution in [0.2, 0.25) is 0 Å². The third kappa shape index (κ3) is 13.1. The highest BCUT2D eigenvalue weighted by Crippen LogP contribution is 2.41. The number of hydrogen-bond donors (Lipinski definition) is 1. The Balaban J connectivity index is 1.17. The number of esters is 5. The topological polar surface area (TPSA) is 211 Å². The molecule has 3 aliphatic rings. The molecule has 3 aliphatic heterocycles. The SMILES string of the molecule is N=C(O[C@H]1O[C@H](COC(=O)c2ccccc2)[C@@H](O[C@@H]2O[C@@H]3COC(c4ccccc4)O[C@H]3[C@H](OC(=O)c3ccccc3)[C@H]2OC(=O)c2ccccc2)[C@H](OC(=O)c2ccccc2)[C@H]1OC(=O)c1ccccc1)C(Cl)(Cl)Cl. The lowest BCUT2D eigenvalue weighted by atomic mass is 9.95. The van der Waals surface area contributed by atoms with Gasteiger partial charge in [0.25, 0.3) is 3.79 Å². The van der Waals surface area contributed by atoms with Crippen molar-refractivity contribution in [1.29, 1.82) is 5.41 Å². The number of nitrogens with one attached hydrogen (secondary N) is 1. The minimum Gasteiger partial charge on any atom is -0.459 e. The summed E-state index contributed by atoms with van der Waals surface area (Å²) >= 11 is 18.4. The number of carbonyl (C=O) groups excluding carboxylic acids is 5. The van der Waals surface area contributed by atoms with Crippen LogP contribution in [0.3, 0.4) is 0 Å². The number of benzene rings is 6. The fourth-order valence-electron chi connectivity index (χ4n) is 8.44. The fourth-order valence-corrected chi connectivity index (χ4v) is 8.58. The van der Waals surface area contributed by atoms with Gasteiger partial charge in [0.1, 0.15) is 31.0 Å². The Labute approximate surface area is 450 Å². The molecule has 11 atom stereocenters. The zero-order chi connectivity index (χ0) is 53.2. The number of fused-ring (bicyclic) bond motifs is 1. The van der Waals surface area contributed by atoms with Gasteiger partial charge in [-0.2, -0.15) is 0 Å². The van der Waals surface area contributed by atoms with Crippen LogP contribution in [0, 0.1) is 5.41 Å². The van der Waals surface area contributed by atoms with Crippen LogP contribution in [0.25, 0.3) is 0 Å². The second-order valence-electron chi connectivity index (χ2n) is 17.2. The molecule has 1 N–H and O–H groups in total. The smallest absolute Gasteiger partial charge is 0.338 e. The normalized spacial score (nSPS) is 25.1. The van der Waals surface area contributed by atoms with E-state index in [1.807, 2.05) is 6.07 Å². The van der Waals surface area contributed by atoms with Gasteiger partial charge in [0, 0.05) is 5.56 Å². The molecule has 6 aromatic rings. The second-order valence-corrected chi connectivity index (χ2v) is 19.5. The Hall–Kier alpha value is -7.19. The standard InChI is InChI=1S/C56H46Cl3NO16/c57-56(58,59)55(60)76-54-46(73-51(65)37-27-15-5-16-28-37)44(71-49(63)35-23-11-3-12-24-35)42(39(69-54)31-66-47(61)33-19-7-1-8-20-33)75-53-45(72-50(64)36-25-13-4-14-26-36)43(70-48(62)34-21-9-2-10-22-34)41-40(68-53)32-67-52(74-41)38-29-17-6-18-30-38/h1-30,39-46,52-54,60H,31-32H2/t39-,40-,41-,42-,43+,44+,45-,46-,52?,53+,54-/m1/s1. The van der Waals surface area contributed by atoms with E-state index in [1.165, 1.54) is 60.7 Å². The summed E-state index contributed by atoms with van der Waals surface area (Å²) in [5.74, 6) is -5.61. The van der Waals surface area contributed by atoms with Crippen molar-refractivity contribution >= 4 is 70.5 Å². The molecule has 3 heterocycles. The van der Waals surface area contributed by atoms with Gasteiger partial charge in [-0.1, -0.05) is 156 Å². The number of hydrogen-bond acceptors (Lipinski definition) is 17. The van der Waals surface area contributed by atoms with E-state index < -0.39 is 114 Å². The highest BCUT2D eigenvalue weighted by atomic mass is 35.6. The molecule has 9 rings (SSSR count). The van der Waals surface area contributed by atoms with Crippen LogP contribution in [-0.4, -0.2) is 114 Å². The van der Waals surface area contributed by atoms with E-state index in [9.17, 15) is 24.0 Å². The van der Waals surface area contributed by atoms with Gasteiger partial charge in [0.05, 0.1) is 34.4 Å². The quantitative estimate of drug-likeness (QED) is 0.0334. The molecule has 3 saturated heterocycles. The number of carbonyl (C=O) groups is 5. The monoisotopic (exact) mass is 1090 g/mol. The number of halogens is 3. The van der Waals surface area contributed by atoms with Crippen LogP contribution >= 0.6 is 34.8 Å². The van der Waals surface area contributed by atoms with Gasteiger partial charge in [-0.3, -0.25) is 5.41 Å². The van der Waals surface area contributed by atoms with Crippen LogP contribution in [0.1, 0.15) is 63.6 Å². The average molecular weight is 1100 g/mol. The van der Waals surface area contributed by atoms with Gasteiger partial charge in [-0.25, -0.2) is 24.0 Å². The fraction of sp³-hybridized carbons (Fsp3) is 0.250. The van der Waals surface area contributed by atoms with Gasteiger partial charge in [0.15, 0.2) is 30.9 Å². The van der Waals surface area contributed by atoms with Crippen molar-refractivity contribution in [3.05, 3.63) is 215 Å². The molecule has 0 saturated carbocycles. The maximum atomic E-state index is 14.4. The molecule has 3 fully saturated rings. The highest BCUT2D eigenvalue weighted by Gasteiger charge is 2.59. The first-order valence-electron chi connectivity index (χ1n) is 23.7. The molecule has 76 heavy (non-hydrogen) atoms. The van der Waals surface area contributed by atoms with Crippen LogP contribution in [0.4, 0.5) is 0 Å². The van der Waals surface area contributed by atoms with Gasteiger partial charge in [0.2, 0.25) is 18.3 Å². The van der Waals surface area contributed by atoms with Crippen LogP contribution in [-0.2, 0) is 52.1 Å². The first-order chi connectivity index (χ1) is 36.8.